The van der Waals surface area contributed by atoms with Crippen LogP contribution in [0.1, 0.15) is 33.1 Å². The number of hydrogen-bond acceptors (Lipinski definition) is 4. The molecule has 0 radical (unpaired) electrons. The van der Waals surface area contributed by atoms with Gasteiger partial charge in [0, 0.05) is 12.3 Å². The van der Waals surface area contributed by atoms with Gasteiger partial charge in [-0.15, -0.1) is 0 Å². The Morgan fingerprint density at radius 3 is 2.22 bits per heavy atom. The van der Waals surface area contributed by atoms with Gasteiger partial charge in [-0.1, -0.05) is 13.3 Å². The van der Waals surface area contributed by atoms with Crippen LogP contribution in [0.5, 0.6) is 0 Å². The number of rotatable bonds is 8. The van der Waals surface area contributed by atoms with Gasteiger partial charge in [-0.25, -0.2) is 8.42 Å². The highest BCUT2D eigenvalue weighted by atomic mass is 32.2. The van der Waals surface area contributed by atoms with E-state index in [1.54, 1.807) is 13.8 Å². The lowest BCUT2D eigenvalue weighted by atomic mass is 10.0. The molecule has 0 spiro atoms. The number of hydrogen-bond donors (Lipinski definition) is 2. The maximum absolute atomic E-state index is 11.3. The molecular formula is C11H21NO5S. The Labute approximate surface area is 108 Å². The van der Waals surface area contributed by atoms with E-state index in [1.807, 2.05) is 0 Å². The van der Waals surface area contributed by atoms with Crippen molar-refractivity contribution in [2.75, 3.05) is 12.0 Å². The van der Waals surface area contributed by atoms with E-state index in [0.29, 0.717) is 19.3 Å². The molecule has 1 amide bonds. The summed E-state index contributed by atoms with van der Waals surface area (Å²) in [5.41, 5.74) is 0. The molecule has 0 heterocycles. The second-order valence-electron chi connectivity index (χ2n) is 4.71. The minimum absolute atomic E-state index is 0.153. The number of sulfone groups is 1. The highest BCUT2D eigenvalue weighted by Crippen LogP contribution is 2.09. The van der Waals surface area contributed by atoms with Crippen LogP contribution in [-0.2, 0) is 19.4 Å². The number of carbonyl (C=O) groups is 2. The van der Waals surface area contributed by atoms with Crippen LogP contribution in [0, 0.1) is 5.92 Å². The van der Waals surface area contributed by atoms with Crippen LogP contribution in [0.15, 0.2) is 0 Å². The smallest absolute Gasteiger partial charge is 0.306 e. The average Bonchev–Trinajstić information content (AvgIpc) is 2.13. The molecule has 2 unspecified atom stereocenters. The fourth-order valence-electron chi connectivity index (χ4n) is 1.48. The van der Waals surface area contributed by atoms with Crippen molar-refractivity contribution >= 4 is 21.7 Å². The van der Waals surface area contributed by atoms with Crippen LogP contribution in [-0.4, -0.2) is 43.5 Å². The van der Waals surface area contributed by atoms with Gasteiger partial charge in [-0.3, -0.25) is 9.59 Å². The predicted molar refractivity (Wildman–Crippen MR) is 68.0 cm³/mol. The first-order chi connectivity index (χ1) is 8.11. The van der Waals surface area contributed by atoms with Crippen molar-refractivity contribution in [3.63, 3.8) is 0 Å². The monoisotopic (exact) mass is 279 g/mol. The molecule has 7 heteroatoms. The van der Waals surface area contributed by atoms with Gasteiger partial charge in [-0.2, -0.15) is 0 Å². The highest BCUT2D eigenvalue weighted by molar-refractivity contribution is 7.91. The van der Waals surface area contributed by atoms with Crippen molar-refractivity contribution in [2.24, 2.45) is 5.92 Å². The molecule has 0 aliphatic heterocycles. The molecule has 0 aromatic rings. The Morgan fingerprint density at radius 1 is 1.22 bits per heavy atom. The lowest BCUT2D eigenvalue weighted by Gasteiger charge is -2.14. The van der Waals surface area contributed by atoms with Crippen molar-refractivity contribution in [2.45, 2.75) is 39.2 Å². The van der Waals surface area contributed by atoms with Crippen LogP contribution < -0.4 is 5.32 Å². The van der Waals surface area contributed by atoms with Crippen LogP contribution in [0.4, 0.5) is 0 Å². The molecule has 0 aromatic heterocycles. The van der Waals surface area contributed by atoms with Gasteiger partial charge in [0.1, 0.15) is 5.75 Å². The van der Waals surface area contributed by atoms with Gasteiger partial charge < -0.3 is 10.4 Å². The zero-order chi connectivity index (χ0) is 14.3. The SMILES string of the molecule is CC(CCCC(C)C(=O)O)NC(=O)CS(C)(=O)=O. The van der Waals surface area contributed by atoms with E-state index in [-0.39, 0.29) is 6.04 Å². The summed E-state index contributed by atoms with van der Waals surface area (Å²) in [4.78, 5) is 21.9. The van der Waals surface area contributed by atoms with Crippen molar-refractivity contribution in [1.29, 1.82) is 0 Å². The number of amides is 1. The first kappa shape index (κ1) is 16.9. The van der Waals surface area contributed by atoms with Crippen molar-refractivity contribution < 1.29 is 23.1 Å². The topological polar surface area (TPSA) is 101 Å². The van der Waals surface area contributed by atoms with Crippen molar-refractivity contribution in [1.82, 2.24) is 5.32 Å². The van der Waals surface area contributed by atoms with Gasteiger partial charge in [0.25, 0.3) is 0 Å². The van der Waals surface area contributed by atoms with E-state index in [4.69, 9.17) is 5.11 Å². The molecule has 0 aliphatic carbocycles. The number of aliphatic carboxylic acids is 1. The number of nitrogens with one attached hydrogen (secondary N) is 1. The summed E-state index contributed by atoms with van der Waals surface area (Å²) >= 11 is 0. The molecule has 2 atom stereocenters. The largest absolute Gasteiger partial charge is 0.481 e. The van der Waals surface area contributed by atoms with Crippen LogP contribution in [0.2, 0.25) is 0 Å². The number of carboxylic acid groups (broad SMARTS) is 1. The molecule has 6 nitrogen and oxygen atoms in total. The average molecular weight is 279 g/mol. The maximum atomic E-state index is 11.3. The maximum Gasteiger partial charge on any atom is 0.306 e. The van der Waals surface area contributed by atoms with E-state index >= 15 is 0 Å². The Kier molecular flexibility index (Phi) is 6.90. The lowest BCUT2D eigenvalue weighted by molar-refractivity contribution is -0.141. The Bertz CT molecular complexity index is 390. The molecule has 0 saturated heterocycles. The molecular weight excluding hydrogens is 258 g/mol. The fourth-order valence-corrected chi connectivity index (χ4v) is 2.04. The molecule has 0 aliphatic rings. The van der Waals surface area contributed by atoms with Crippen LogP contribution >= 0.6 is 0 Å². The summed E-state index contributed by atoms with van der Waals surface area (Å²) in [5.74, 6) is -2.26. The van der Waals surface area contributed by atoms with E-state index in [9.17, 15) is 18.0 Å². The molecule has 0 rings (SSSR count). The van der Waals surface area contributed by atoms with Crippen molar-refractivity contribution in [3.05, 3.63) is 0 Å². The van der Waals surface area contributed by atoms with Crippen molar-refractivity contribution in [3.8, 4) is 0 Å². The molecule has 106 valence electrons. The fraction of sp³-hybridized carbons (Fsp3) is 0.818. The summed E-state index contributed by atoms with van der Waals surface area (Å²) in [6, 6.07) is -0.153. The van der Waals surface area contributed by atoms with Gasteiger partial charge >= 0.3 is 5.97 Å². The predicted octanol–water partition coefficient (Wildman–Crippen LogP) is 0.427. The van der Waals surface area contributed by atoms with Crippen LogP contribution in [0.3, 0.4) is 0 Å². The third-order valence-corrected chi connectivity index (χ3v) is 3.28. The van der Waals surface area contributed by atoms with Gasteiger partial charge in [0.15, 0.2) is 9.84 Å². The molecule has 18 heavy (non-hydrogen) atoms. The Morgan fingerprint density at radius 2 is 1.78 bits per heavy atom. The van der Waals surface area contributed by atoms with E-state index < -0.39 is 33.4 Å². The normalized spacial score (nSPS) is 14.8. The first-order valence-electron chi connectivity index (χ1n) is 5.81. The lowest BCUT2D eigenvalue weighted by Crippen LogP contribution is -2.36. The second kappa shape index (κ2) is 7.35. The summed E-state index contributed by atoms with van der Waals surface area (Å²) in [6.45, 7) is 3.40. The number of carboxylic acids is 1. The Hall–Kier alpha value is -1.11. The van der Waals surface area contributed by atoms with Gasteiger partial charge in [0.05, 0.1) is 5.92 Å². The van der Waals surface area contributed by atoms with E-state index in [1.165, 1.54) is 0 Å². The Balaban J connectivity index is 3.88. The first-order valence-corrected chi connectivity index (χ1v) is 7.87. The molecule has 0 bridgehead atoms. The van der Waals surface area contributed by atoms with E-state index in [2.05, 4.69) is 5.32 Å². The number of carbonyl (C=O) groups excluding carboxylic acids is 1. The summed E-state index contributed by atoms with van der Waals surface area (Å²) in [7, 11) is -3.30. The minimum Gasteiger partial charge on any atom is -0.481 e. The molecule has 2 N–H and O–H groups in total. The molecule has 0 aromatic carbocycles. The summed E-state index contributed by atoms with van der Waals surface area (Å²) in [5, 5.41) is 11.3. The zero-order valence-corrected chi connectivity index (χ0v) is 11.8. The zero-order valence-electron chi connectivity index (χ0n) is 11.0. The third-order valence-electron chi connectivity index (χ3n) is 2.50. The summed E-state index contributed by atoms with van der Waals surface area (Å²) in [6.07, 6.45) is 2.86. The second-order valence-corrected chi connectivity index (χ2v) is 6.85. The highest BCUT2D eigenvalue weighted by Gasteiger charge is 2.14. The standard InChI is InChI=1S/C11H21NO5S/c1-8(11(14)15)5-4-6-9(2)12-10(13)7-18(3,16)17/h8-9H,4-7H2,1-3H3,(H,12,13)(H,14,15). The summed E-state index contributed by atoms with van der Waals surface area (Å²) < 4.78 is 21.8. The molecule has 0 saturated carbocycles. The van der Waals surface area contributed by atoms with Crippen LogP contribution in [0.25, 0.3) is 0 Å². The third kappa shape index (κ3) is 8.98. The van der Waals surface area contributed by atoms with Gasteiger partial charge in [0.2, 0.25) is 5.91 Å². The van der Waals surface area contributed by atoms with Gasteiger partial charge in [-0.05, 0) is 19.8 Å². The molecule has 0 fully saturated rings. The minimum atomic E-state index is -3.30. The quantitative estimate of drug-likeness (QED) is 0.671. The van der Waals surface area contributed by atoms with E-state index in [0.717, 1.165) is 6.26 Å².